The smallest absolute Gasteiger partial charge is 0.137 e. The number of unbranched alkanes of at least 4 members (excludes halogenated alkanes) is 2. The molecule has 0 saturated heterocycles. The number of nitrogens with two attached hydrogens (primary N) is 1. The summed E-state index contributed by atoms with van der Waals surface area (Å²) in [4.78, 5) is 11.7. The van der Waals surface area contributed by atoms with Gasteiger partial charge in [-0.1, -0.05) is 22.4 Å². The molecule has 1 aromatic carbocycles. The zero-order valence-electron chi connectivity index (χ0n) is 9.72. The zero-order chi connectivity index (χ0) is 12.7. The van der Waals surface area contributed by atoms with Crippen molar-refractivity contribution in [1.82, 2.24) is 0 Å². The predicted molar refractivity (Wildman–Crippen MR) is 70.3 cm³/mol. The molecule has 0 unspecified atom stereocenters. The molecular weight excluding hydrogens is 285 g/mol. The molecule has 2 N–H and O–H groups in total. The molecule has 0 aromatic heterocycles. The third-order valence-corrected chi connectivity index (χ3v) is 3.33. The van der Waals surface area contributed by atoms with E-state index in [2.05, 4.69) is 15.9 Å². The molecule has 0 saturated carbocycles. The Morgan fingerprint density at radius 1 is 1.29 bits per heavy atom. The lowest BCUT2D eigenvalue weighted by molar-refractivity contribution is -0.118. The van der Waals surface area contributed by atoms with Gasteiger partial charge in [-0.05, 0) is 43.1 Å². The zero-order valence-corrected chi connectivity index (χ0v) is 11.3. The van der Waals surface area contributed by atoms with Crippen molar-refractivity contribution in [2.24, 2.45) is 5.73 Å². The van der Waals surface area contributed by atoms with Crippen molar-refractivity contribution in [2.75, 3.05) is 6.54 Å². The van der Waals surface area contributed by atoms with Gasteiger partial charge in [0, 0.05) is 17.3 Å². The summed E-state index contributed by atoms with van der Waals surface area (Å²) in [7, 11) is 0. The lowest BCUT2D eigenvalue weighted by Gasteiger charge is -2.04. The van der Waals surface area contributed by atoms with E-state index in [1.54, 1.807) is 6.07 Å². The summed E-state index contributed by atoms with van der Waals surface area (Å²) in [6, 6.07) is 4.41. The van der Waals surface area contributed by atoms with E-state index in [1.807, 2.05) is 0 Å². The van der Waals surface area contributed by atoms with Crippen LogP contribution in [0.3, 0.4) is 0 Å². The van der Waals surface area contributed by atoms with Crippen LogP contribution in [0.5, 0.6) is 0 Å². The van der Waals surface area contributed by atoms with E-state index in [4.69, 9.17) is 5.73 Å². The quantitative estimate of drug-likeness (QED) is 0.786. The van der Waals surface area contributed by atoms with Crippen LogP contribution in [0.4, 0.5) is 4.39 Å². The molecule has 94 valence electrons. The molecule has 0 atom stereocenters. The van der Waals surface area contributed by atoms with Gasteiger partial charge in [-0.15, -0.1) is 0 Å². The number of rotatable bonds is 7. The van der Waals surface area contributed by atoms with Gasteiger partial charge >= 0.3 is 0 Å². The molecule has 0 bridgehead atoms. The number of carbonyl (C=O) groups is 1. The van der Waals surface area contributed by atoms with E-state index < -0.39 is 0 Å². The third kappa shape index (κ3) is 5.41. The highest BCUT2D eigenvalue weighted by molar-refractivity contribution is 9.10. The number of hydrogen-bond acceptors (Lipinski definition) is 2. The number of ketones is 1. The molecule has 0 aliphatic heterocycles. The molecule has 17 heavy (non-hydrogen) atoms. The van der Waals surface area contributed by atoms with Crippen molar-refractivity contribution < 1.29 is 9.18 Å². The molecule has 0 heterocycles. The molecule has 0 spiro atoms. The average Bonchev–Trinajstić information content (AvgIpc) is 2.29. The minimum absolute atomic E-state index is 0.147. The summed E-state index contributed by atoms with van der Waals surface area (Å²) in [5.74, 6) is -0.160. The maximum atomic E-state index is 13.0. The molecule has 0 radical (unpaired) electrons. The highest BCUT2D eigenvalue weighted by Gasteiger charge is 2.07. The number of Topliss-reactive ketones (excluding diaryl/α,β-unsaturated/α-hetero) is 1. The summed E-state index contributed by atoms with van der Waals surface area (Å²) < 4.78 is 13.8. The second-order valence-electron chi connectivity index (χ2n) is 4.05. The van der Waals surface area contributed by atoms with Crippen LogP contribution >= 0.6 is 15.9 Å². The SMILES string of the molecule is NCCCCCC(=O)Cc1cc(F)ccc1Br. The van der Waals surface area contributed by atoms with Crippen LogP contribution in [0.1, 0.15) is 31.2 Å². The molecular formula is C13H17BrFNO. The molecule has 2 nitrogen and oxygen atoms in total. The number of hydrogen-bond donors (Lipinski definition) is 1. The lowest BCUT2D eigenvalue weighted by atomic mass is 10.0. The highest BCUT2D eigenvalue weighted by Crippen LogP contribution is 2.19. The summed E-state index contributed by atoms with van der Waals surface area (Å²) in [6.07, 6.45) is 3.64. The van der Waals surface area contributed by atoms with Crippen LogP contribution < -0.4 is 5.73 Å². The van der Waals surface area contributed by atoms with Gasteiger partial charge in [0.2, 0.25) is 0 Å². The van der Waals surface area contributed by atoms with Gasteiger partial charge in [-0.2, -0.15) is 0 Å². The Balaban J connectivity index is 2.42. The van der Waals surface area contributed by atoms with Crippen molar-refractivity contribution >= 4 is 21.7 Å². The van der Waals surface area contributed by atoms with E-state index in [1.165, 1.54) is 12.1 Å². The first kappa shape index (κ1) is 14.3. The standard InChI is InChI=1S/C13H17BrFNO/c14-13-6-5-11(15)8-10(13)9-12(17)4-2-1-3-7-16/h5-6,8H,1-4,7,9,16H2. The predicted octanol–water partition coefficient (Wildman–Crippen LogP) is 3.22. The van der Waals surface area contributed by atoms with Gasteiger partial charge in [-0.3, -0.25) is 4.79 Å². The monoisotopic (exact) mass is 301 g/mol. The average molecular weight is 302 g/mol. The molecule has 4 heteroatoms. The Morgan fingerprint density at radius 3 is 2.76 bits per heavy atom. The normalized spacial score (nSPS) is 10.5. The molecule has 0 aliphatic carbocycles. The largest absolute Gasteiger partial charge is 0.330 e. The number of halogens is 2. The van der Waals surface area contributed by atoms with E-state index in [9.17, 15) is 9.18 Å². The van der Waals surface area contributed by atoms with Gasteiger partial charge in [0.15, 0.2) is 0 Å². The van der Waals surface area contributed by atoms with E-state index in [-0.39, 0.29) is 11.6 Å². The van der Waals surface area contributed by atoms with Gasteiger partial charge in [0.1, 0.15) is 11.6 Å². The summed E-state index contributed by atoms with van der Waals surface area (Å²) in [5.41, 5.74) is 6.09. The van der Waals surface area contributed by atoms with Gasteiger partial charge < -0.3 is 5.73 Å². The van der Waals surface area contributed by atoms with Crippen molar-refractivity contribution in [3.8, 4) is 0 Å². The molecule has 1 rings (SSSR count). The van der Waals surface area contributed by atoms with Crippen LogP contribution in [0, 0.1) is 5.82 Å². The van der Waals surface area contributed by atoms with Crippen molar-refractivity contribution in [1.29, 1.82) is 0 Å². The van der Waals surface area contributed by atoms with E-state index in [0.717, 1.165) is 23.7 Å². The minimum atomic E-state index is -0.306. The maximum absolute atomic E-state index is 13.0. The Hall–Kier alpha value is -0.740. The highest BCUT2D eigenvalue weighted by atomic mass is 79.9. The molecule has 1 aromatic rings. The van der Waals surface area contributed by atoms with Crippen molar-refractivity contribution in [3.05, 3.63) is 34.1 Å². The minimum Gasteiger partial charge on any atom is -0.330 e. The molecule has 0 amide bonds. The fourth-order valence-electron chi connectivity index (χ4n) is 1.62. The topological polar surface area (TPSA) is 43.1 Å². The van der Waals surface area contributed by atoms with Gasteiger partial charge in [0.25, 0.3) is 0 Å². The van der Waals surface area contributed by atoms with E-state index in [0.29, 0.717) is 24.9 Å². The van der Waals surface area contributed by atoms with Crippen LogP contribution in [-0.4, -0.2) is 12.3 Å². The lowest BCUT2D eigenvalue weighted by Crippen LogP contribution is -2.04. The Labute approximate surface area is 110 Å². The second-order valence-corrected chi connectivity index (χ2v) is 4.90. The van der Waals surface area contributed by atoms with Crippen molar-refractivity contribution in [3.63, 3.8) is 0 Å². The van der Waals surface area contributed by atoms with Crippen LogP contribution in [0.25, 0.3) is 0 Å². The maximum Gasteiger partial charge on any atom is 0.137 e. The molecule has 0 aliphatic rings. The van der Waals surface area contributed by atoms with Crippen molar-refractivity contribution in [2.45, 2.75) is 32.1 Å². The summed E-state index contributed by atoms with van der Waals surface area (Å²) >= 11 is 3.32. The van der Waals surface area contributed by atoms with Crippen LogP contribution in [0.2, 0.25) is 0 Å². The first-order valence-corrected chi connectivity index (χ1v) is 6.58. The Kier molecular flexibility index (Phi) is 6.37. The Morgan fingerprint density at radius 2 is 2.06 bits per heavy atom. The number of carbonyl (C=O) groups excluding carboxylic acids is 1. The fourth-order valence-corrected chi connectivity index (χ4v) is 2.01. The first-order chi connectivity index (χ1) is 8.13. The van der Waals surface area contributed by atoms with Crippen LogP contribution in [0.15, 0.2) is 22.7 Å². The fraction of sp³-hybridized carbons (Fsp3) is 0.462. The third-order valence-electron chi connectivity index (χ3n) is 2.56. The molecule has 0 fully saturated rings. The second kappa shape index (κ2) is 7.56. The van der Waals surface area contributed by atoms with E-state index >= 15 is 0 Å². The number of benzene rings is 1. The summed E-state index contributed by atoms with van der Waals surface area (Å²) in [6.45, 7) is 0.670. The van der Waals surface area contributed by atoms with Gasteiger partial charge in [-0.25, -0.2) is 4.39 Å². The first-order valence-electron chi connectivity index (χ1n) is 5.79. The summed E-state index contributed by atoms with van der Waals surface area (Å²) in [5, 5.41) is 0. The van der Waals surface area contributed by atoms with Gasteiger partial charge in [0.05, 0.1) is 0 Å². The van der Waals surface area contributed by atoms with Crippen LogP contribution in [-0.2, 0) is 11.2 Å². The Bertz CT molecular complexity index is 382.